The van der Waals surface area contributed by atoms with Gasteiger partial charge in [-0.05, 0) is 42.8 Å². The molecule has 1 heterocycles. The van der Waals surface area contributed by atoms with Crippen molar-refractivity contribution >= 4 is 15.7 Å². The molecule has 2 atom stereocenters. The smallest absolute Gasteiger partial charge is 0.269 e. The van der Waals surface area contributed by atoms with E-state index in [2.05, 4.69) is 10.0 Å². The molecule has 0 amide bonds. The molecule has 2 aromatic rings. The zero-order chi connectivity index (χ0) is 19.4. The van der Waals surface area contributed by atoms with E-state index in [9.17, 15) is 18.5 Å². The second kappa shape index (κ2) is 8.03. The molecule has 0 aromatic heterocycles. The summed E-state index contributed by atoms with van der Waals surface area (Å²) < 4.78 is 33.4. The van der Waals surface area contributed by atoms with Crippen LogP contribution in [0, 0.1) is 10.1 Å². The van der Waals surface area contributed by atoms with Crippen molar-refractivity contribution in [1.29, 1.82) is 0 Å². The molecule has 27 heavy (non-hydrogen) atoms. The molecule has 1 aliphatic rings. The Hall–Kier alpha value is -2.49. The molecule has 144 valence electrons. The summed E-state index contributed by atoms with van der Waals surface area (Å²) in [4.78, 5) is 10.2. The highest BCUT2D eigenvalue weighted by Crippen LogP contribution is 2.28. The minimum Gasteiger partial charge on any atom is -0.497 e. The Labute approximate surface area is 157 Å². The molecular weight excluding hydrogens is 370 g/mol. The van der Waals surface area contributed by atoms with Gasteiger partial charge >= 0.3 is 0 Å². The van der Waals surface area contributed by atoms with Crippen LogP contribution in [0.15, 0.2) is 53.4 Å². The first kappa shape index (κ1) is 19.3. The maximum Gasteiger partial charge on any atom is 0.269 e. The molecule has 8 nitrogen and oxygen atoms in total. The van der Waals surface area contributed by atoms with E-state index in [1.165, 1.54) is 24.3 Å². The molecule has 0 unspecified atom stereocenters. The van der Waals surface area contributed by atoms with Crippen LogP contribution in [0.1, 0.15) is 17.9 Å². The summed E-state index contributed by atoms with van der Waals surface area (Å²) in [5.74, 6) is 0.765. The lowest BCUT2D eigenvalue weighted by molar-refractivity contribution is -0.384. The van der Waals surface area contributed by atoms with Crippen LogP contribution in [0.4, 0.5) is 5.69 Å². The van der Waals surface area contributed by atoms with Crippen molar-refractivity contribution in [2.24, 2.45) is 0 Å². The minimum absolute atomic E-state index is 0.00662. The Morgan fingerprint density at radius 3 is 2.41 bits per heavy atom. The van der Waals surface area contributed by atoms with E-state index in [1.807, 2.05) is 24.3 Å². The average molecular weight is 391 g/mol. The Kier molecular flexibility index (Phi) is 5.73. The third kappa shape index (κ3) is 4.44. The van der Waals surface area contributed by atoms with Crippen molar-refractivity contribution in [2.45, 2.75) is 23.3 Å². The zero-order valence-electron chi connectivity index (χ0n) is 14.8. The summed E-state index contributed by atoms with van der Waals surface area (Å²) in [6.07, 6.45) is 0.791. The van der Waals surface area contributed by atoms with Gasteiger partial charge in [-0.3, -0.25) is 10.1 Å². The first-order valence-corrected chi connectivity index (χ1v) is 10.0. The molecule has 1 fully saturated rings. The first-order chi connectivity index (χ1) is 12.9. The molecule has 1 aliphatic heterocycles. The highest BCUT2D eigenvalue weighted by molar-refractivity contribution is 7.89. The number of rotatable bonds is 6. The van der Waals surface area contributed by atoms with Crippen molar-refractivity contribution in [3.8, 4) is 5.75 Å². The molecule has 9 heteroatoms. The fourth-order valence-corrected chi connectivity index (χ4v) is 4.52. The van der Waals surface area contributed by atoms with Crippen LogP contribution in [-0.2, 0) is 10.0 Å². The monoisotopic (exact) mass is 391 g/mol. The molecule has 0 aliphatic carbocycles. The number of nitro benzene ring substituents is 1. The molecule has 0 radical (unpaired) electrons. The van der Waals surface area contributed by atoms with Gasteiger partial charge in [-0.15, -0.1) is 0 Å². The SMILES string of the molecule is COc1ccc([C@@H]2CCNC[C@@H]2NS(=O)(=O)c2ccc([N+](=O)[O-])cc2)cc1. The molecule has 1 saturated heterocycles. The number of methoxy groups -OCH3 is 1. The van der Waals surface area contributed by atoms with Crippen LogP contribution in [0.5, 0.6) is 5.75 Å². The molecule has 0 spiro atoms. The minimum atomic E-state index is -3.79. The molecule has 0 bridgehead atoms. The van der Waals surface area contributed by atoms with Crippen molar-refractivity contribution in [2.75, 3.05) is 20.2 Å². The third-order valence-corrected chi connectivity index (χ3v) is 6.20. The third-order valence-electron chi connectivity index (χ3n) is 4.69. The van der Waals surface area contributed by atoms with Crippen molar-refractivity contribution in [1.82, 2.24) is 10.0 Å². The van der Waals surface area contributed by atoms with Crippen LogP contribution >= 0.6 is 0 Å². The molecule has 2 aromatic carbocycles. The summed E-state index contributed by atoms with van der Waals surface area (Å²) in [5, 5.41) is 14.0. The molecule has 3 rings (SSSR count). The number of nitrogens with one attached hydrogen (secondary N) is 2. The van der Waals surface area contributed by atoms with E-state index >= 15 is 0 Å². The number of sulfonamides is 1. The van der Waals surface area contributed by atoms with Crippen molar-refractivity contribution in [3.63, 3.8) is 0 Å². The highest BCUT2D eigenvalue weighted by atomic mass is 32.2. The van der Waals surface area contributed by atoms with Gasteiger partial charge in [0.15, 0.2) is 0 Å². The number of non-ortho nitro benzene ring substituents is 1. The molecule has 0 saturated carbocycles. The summed E-state index contributed by atoms with van der Waals surface area (Å²) in [7, 11) is -2.20. The predicted octanol–water partition coefficient (Wildman–Crippen LogP) is 2.03. The van der Waals surface area contributed by atoms with Crippen molar-refractivity contribution < 1.29 is 18.1 Å². The lowest BCUT2D eigenvalue weighted by atomic mass is 9.86. The van der Waals surface area contributed by atoms with Gasteiger partial charge < -0.3 is 10.1 Å². The van der Waals surface area contributed by atoms with Crippen LogP contribution in [0.25, 0.3) is 0 Å². The number of hydrogen-bond acceptors (Lipinski definition) is 6. The van der Waals surface area contributed by atoms with Crippen molar-refractivity contribution in [3.05, 3.63) is 64.2 Å². The second-order valence-corrected chi connectivity index (χ2v) is 8.07. The maximum absolute atomic E-state index is 12.7. The summed E-state index contributed by atoms with van der Waals surface area (Å²) in [5.41, 5.74) is 0.887. The van der Waals surface area contributed by atoms with Gasteiger partial charge in [-0.25, -0.2) is 13.1 Å². The summed E-state index contributed by atoms with van der Waals surface area (Å²) in [6.45, 7) is 1.30. The van der Waals surface area contributed by atoms with Gasteiger partial charge in [-0.2, -0.15) is 0 Å². The van der Waals surface area contributed by atoms with Gasteiger partial charge in [0.2, 0.25) is 10.0 Å². The van der Waals surface area contributed by atoms with Gasteiger partial charge in [0.25, 0.3) is 5.69 Å². The van der Waals surface area contributed by atoms with Gasteiger partial charge in [-0.1, -0.05) is 12.1 Å². The van der Waals surface area contributed by atoms with Gasteiger partial charge in [0.1, 0.15) is 5.75 Å². The summed E-state index contributed by atoms with van der Waals surface area (Å²) >= 11 is 0. The van der Waals surface area contributed by atoms with Gasteiger partial charge in [0, 0.05) is 30.6 Å². The van der Waals surface area contributed by atoms with Gasteiger partial charge in [0.05, 0.1) is 16.9 Å². The standard InChI is InChI=1S/C18H21N3O5S/c1-26-15-6-2-13(3-7-15)17-10-11-19-12-18(17)20-27(24,25)16-8-4-14(5-9-16)21(22)23/h2-9,17-20H,10-12H2,1H3/t17-,18-/m0/s1. The highest BCUT2D eigenvalue weighted by Gasteiger charge is 2.30. The van der Waals surface area contributed by atoms with E-state index in [-0.39, 0.29) is 22.5 Å². The first-order valence-electron chi connectivity index (χ1n) is 8.52. The normalized spacial score (nSPS) is 20.2. The number of hydrogen-bond donors (Lipinski definition) is 2. The van der Waals surface area contributed by atoms with E-state index in [4.69, 9.17) is 4.74 Å². The fraction of sp³-hybridized carbons (Fsp3) is 0.333. The number of ether oxygens (including phenoxy) is 1. The number of benzene rings is 2. The molecular formula is C18H21N3O5S. The Balaban J connectivity index is 1.80. The van der Waals surface area contributed by atoms with Crippen LogP contribution in [-0.4, -0.2) is 39.6 Å². The van der Waals surface area contributed by atoms with Crippen LogP contribution in [0.3, 0.4) is 0 Å². The van der Waals surface area contributed by atoms with E-state index < -0.39 is 14.9 Å². The fourth-order valence-electron chi connectivity index (χ4n) is 3.25. The Bertz CT molecular complexity index is 898. The largest absolute Gasteiger partial charge is 0.497 e. The van der Waals surface area contributed by atoms with E-state index in [1.54, 1.807) is 7.11 Å². The van der Waals surface area contributed by atoms with Crippen LogP contribution < -0.4 is 14.8 Å². The lowest BCUT2D eigenvalue weighted by Crippen LogP contribution is -2.49. The maximum atomic E-state index is 12.7. The van der Waals surface area contributed by atoms with E-state index in [0.717, 1.165) is 24.3 Å². The topological polar surface area (TPSA) is 111 Å². The number of nitro groups is 1. The second-order valence-electron chi connectivity index (χ2n) is 6.35. The predicted molar refractivity (Wildman–Crippen MR) is 100 cm³/mol. The quantitative estimate of drug-likeness (QED) is 0.576. The lowest BCUT2D eigenvalue weighted by Gasteiger charge is -2.33. The van der Waals surface area contributed by atoms with Crippen LogP contribution in [0.2, 0.25) is 0 Å². The zero-order valence-corrected chi connectivity index (χ0v) is 15.6. The average Bonchev–Trinajstić information content (AvgIpc) is 2.68. The number of piperidine rings is 1. The number of nitrogens with zero attached hydrogens (tertiary/aromatic N) is 1. The molecule has 2 N–H and O–H groups in total. The Morgan fingerprint density at radius 2 is 1.81 bits per heavy atom. The van der Waals surface area contributed by atoms with E-state index in [0.29, 0.717) is 6.54 Å². The Morgan fingerprint density at radius 1 is 1.15 bits per heavy atom. The summed E-state index contributed by atoms with van der Waals surface area (Å²) in [6, 6.07) is 12.2.